The van der Waals surface area contributed by atoms with E-state index >= 15 is 0 Å². The van der Waals surface area contributed by atoms with Gasteiger partial charge in [-0.3, -0.25) is 0 Å². The van der Waals surface area contributed by atoms with E-state index in [0.717, 1.165) is 18.4 Å². The zero-order chi connectivity index (χ0) is 17.3. The molecule has 7 nitrogen and oxygen atoms in total. The van der Waals surface area contributed by atoms with Gasteiger partial charge in [-0.25, -0.2) is 15.0 Å². The minimum atomic E-state index is -0.681. The number of imidazole rings is 1. The van der Waals surface area contributed by atoms with E-state index in [4.69, 9.17) is 21.1 Å². The fourth-order valence-electron chi connectivity index (χ4n) is 4.56. The third kappa shape index (κ3) is 2.19. The number of fused-ring (bicyclic) bond motifs is 4. The highest BCUT2D eigenvalue weighted by Crippen LogP contribution is 2.53. The minimum Gasteiger partial charge on any atom is -0.392 e. The Morgan fingerprint density at radius 2 is 2.04 bits per heavy atom. The van der Waals surface area contributed by atoms with E-state index in [2.05, 4.69) is 21.0 Å². The Bertz CT molecular complexity index is 880. The molecule has 3 aliphatic rings. The summed E-state index contributed by atoms with van der Waals surface area (Å²) in [7, 11) is 0. The summed E-state index contributed by atoms with van der Waals surface area (Å²) in [4.78, 5) is 12.8. The molecule has 1 saturated heterocycles. The molecule has 1 saturated carbocycles. The van der Waals surface area contributed by atoms with Crippen molar-refractivity contribution in [1.82, 2.24) is 19.5 Å². The average Bonchev–Trinajstić information content (AvgIpc) is 3.17. The summed E-state index contributed by atoms with van der Waals surface area (Å²) >= 11 is 6.16. The number of aromatic nitrogens is 4. The summed E-state index contributed by atoms with van der Waals surface area (Å²) in [5.41, 5.74) is 2.37. The summed E-state index contributed by atoms with van der Waals surface area (Å²) in [6, 6.07) is -0.123. The Balaban J connectivity index is 1.68. The molecular weight excluding hydrogens is 344 g/mol. The summed E-state index contributed by atoms with van der Waals surface area (Å²) in [6.45, 7) is 3.82. The maximum absolute atomic E-state index is 10.6. The molecule has 2 aromatic rings. The third-order valence-electron chi connectivity index (χ3n) is 5.43. The molecule has 2 aliphatic carbocycles. The maximum atomic E-state index is 10.6. The van der Waals surface area contributed by atoms with Crippen molar-refractivity contribution in [1.29, 1.82) is 0 Å². The lowest BCUT2D eigenvalue weighted by atomic mass is 9.85. The fourth-order valence-corrected chi connectivity index (χ4v) is 4.74. The number of aliphatic hydroxyl groups excluding tert-OH is 1. The van der Waals surface area contributed by atoms with Crippen LogP contribution in [0.4, 0.5) is 0 Å². The molecule has 132 valence electrons. The van der Waals surface area contributed by atoms with E-state index in [-0.39, 0.29) is 24.2 Å². The number of hydrogen-bond acceptors (Lipinski definition) is 6. The highest BCUT2D eigenvalue weighted by molar-refractivity contribution is 6.33. The smallest absolute Gasteiger partial charge is 0.165 e. The van der Waals surface area contributed by atoms with Crippen LogP contribution >= 0.6 is 11.6 Å². The molecular formula is C17H19ClN4O3. The van der Waals surface area contributed by atoms with Crippen LogP contribution in [0.25, 0.3) is 11.2 Å². The van der Waals surface area contributed by atoms with Gasteiger partial charge in [-0.1, -0.05) is 17.7 Å². The summed E-state index contributed by atoms with van der Waals surface area (Å²) in [5.74, 6) is -0.750. The molecule has 3 heterocycles. The second-order valence-corrected chi connectivity index (χ2v) is 7.73. The van der Waals surface area contributed by atoms with Gasteiger partial charge < -0.3 is 19.1 Å². The van der Waals surface area contributed by atoms with E-state index in [9.17, 15) is 5.11 Å². The van der Waals surface area contributed by atoms with E-state index in [1.54, 1.807) is 6.33 Å². The third-order valence-corrected chi connectivity index (χ3v) is 5.70. The monoisotopic (exact) mass is 362 g/mol. The second kappa shape index (κ2) is 5.23. The van der Waals surface area contributed by atoms with Crippen LogP contribution in [-0.2, 0) is 9.47 Å². The summed E-state index contributed by atoms with van der Waals surface area (Å²) in [5, 5.41) is 11.0. The van der Waals surface area contributed by atoms with Gasteiger partial charge >= 0.3 is 0 Å². The standard InChI is InChI=1S/C17H19ClN4O3/c1-17(2)24-13-10-8(4-3-5-9(10)23)12(14(13)25-17)22-7-21-11-15(18)19-6-20-16(11)22/h4,6-7,9-10,12-14,23H,3,5H2,1-2H3/t9-,10-,12-,13-,14+/m1/s1. The molecule has 1 N–H and O–H groups in total. The van der Waals surface area contributed by atoms with Crippen LogP contribution in [0.3, 0.4) is 0 Å². The molecule has 5 atom stereocenters. The number of allylic oxidation sites excluding steroid dienone is 1. The van der Waals surface area contributed by atoms with E-state index in [0.29, 0.717) is 16.3 Å². The van der Waals surface area contributed by atoms with E-state index in [1.807, 2.05) is 18.4 Å². The molecule has 0 spiro atoms. The Morgan fingerprint density at radius 1 is 1.24 bits per heavy atom. The first kappa shape index (κ1) is 15.7. The SMILES string of the molecule is CC1(C)O[C@@H]2[C@H](O1)[C@@H]1C(=CCC[C@H]1O)[C@H]2n1cnc2c(Cl)ncnc21. The molecule has 0 unspecified atom stereocenters. The van der Waals surface area contributed by atoms with Gasteiger partial charge in [0.2, 0.25) is 0 Å². The number of nitrogens with zero attached hydrogens (tertiary/aromatic N) is 4. The average molecular weight is 363 g/mol. The molecule has 25 heavy (non-hydrogen) atoms. The fraction of sp³-hybridized carbons (Fsp3) is 0.588. The lowest BCUT2D eigenvalue weighted by Gasteiger charge is -2.31. The number of aliphatic hydroxyl groups is 1. The van der Waals surface area contributed by atoms with Gasteiger partial charge in [-0.2, -0.15) is 0 Å². The summed E-state index contributed by atoms with van der Waals surface area (Å²) < 4.78 is 14.4. The molecule has 5 rings (SSSR count). The van der Waals surface area contributed by atoms with E-state index < -0.39 is 11.9 Å². The first-order valence-electron chi connectivity index (χ1n) is 8.53. The van der Waals surface area contributed by atoms with Gasteiger partial charge in [0.1, 0.15) is 17.9 Å². The molecule has 1 aliphatic heterocycles. The van der Waals surface area contributed by atoms with Crippen molar-refractivity contribution in [2.75, 3.05) is 0 Å². The van der Waals surface area contributed by atoms with Crippen LogP contribution in [0, 0.1) is 5.92 Å². The Kier molecular flexibility index (Phi) is 3.29. The molecule has 0 bridgehead atoms. The Hall–Kier alpha value is -1.54. The molecule has 0 aromatic carbocycles. The minimum absolute atomic E-state index is 0.0692. The van der Waals surface area contributed by atoms with Crippen molar-refractivity contribution in [3.05, 3.63) is 29.5 Å². The number of hydrogen-bond donors (Lipinski definition) is 1. The van der Waals surface area contributed by atoms with Crippen LogP contribution in [-0.4, -0.2) is 48.7 Å². The van der Waals surface area contributed by atoms with Crippen LogP contribution < -0.4 is 0 Å². The lowest BCUT2D eigenvalue weighted by Crippen LogP contribution is -2.34. The van der Waals surface area contributed by atoms with Gasteiger partial charge in [0.05, 0.1) is 24.6 Å². The highest BCUT2D eigenvalue weighted by Gasteiger charge is 2.59. The second-order valence-electron chi connectivity index (χ2n) is 7.37. The van der Waals surface area contributed by atoms with Crippen molar-refractivity contribution in [2.45, 2.75) is 56.8 Å². The molecule has 0 radical (unpaired) electrons. The van der Waals surface area contributed by atoms with Gasteiger partial charge in [0, 0.05) is 5.92 Å². The van der Waals surface area contributed by atoms with Crippen molar-refractivity contribution in [3.8, 4) is 0 Å². The summed E-state index contributed by atoms with van der Waals surface area (Å²) in [6.07, 6.45) is 6.14. The molecule has 2 fully saturated rings. The first-order chi connectivity index (χ1) is 12.0. The van der Waals surface area contributed by atoms with Crippen molar-refractivity contribution < 1.29 is 14.6 Å². The number of ether oxygens (including phenoxy) is 2. The maximum Gasteiger partial charge on any atom is 0.165 e. The Labute approximate surface area is 149 Å². The topological polar surface area (TPSA) is 82.3 Å². The van der Waals surface area contributed by atoms with Gasteiger partial charge in [0.25, 0.3) is 0 Å². The zero-order valence-corrected chi connectivity index (χ0v) is 14.7. The normalized spacial score (nSPS) is 36.3. The van der Waals surface area contributed by atoms with Gasteiger partial charge in [-0.05, 0) is 32.3 Å². The quantitative estimate of drug-likeness (QED) is 0.619. The zero-order valence-electron chi connectivity index (χ0n) is 14.0. The van der Waals surface area contributed by atoms with E-state index in [1.165, 1.54) is 6.33 Å². The van der Waals surface area contributed by atoms with Gasteiger partial charge in [-0.15, -0.1) is 0 Å². The molecule has 2 aromatic heterocycles. The van der Waals surface area contributed by atoms with Crippen LogP contribution in [0.15, 0.2) is 24.3 Å². The number of rotatable bonds is 1. The van der Waals surface area contributed by atoms with Gasteiger partial charge in [0.15, 0.2) is 16.6 Å². The lowest BCUT2D eigenvalue weighted by molar-refractivity contribution is -0.159. The number of halogens is 1. The highest BCUT2D eigenvalue weighted by atomic mass is 35.5. The van der Waals surface area contributed by atoms with Crippen molar-refractivity contribution >= 4 is 22.8 Å². The largest absolute Gasteiger partial charge is 0.392 e. The van der Waals surface area contributed by atoms with Crippen LogP contribution in [0.1, 0.15) is 32.7 Å². The van der Waals surface area contributed by atoms with Crippen molar-refractivity contribution in [2.24, 2.45) is 5.92 Å². The predicted octanol–water partition coefficient (Wildman–Crippen LogP) is 2.25. The first-order valence-corrected chi connectivity index (χ1v) is 8.91. The Morgan fingerprint density at radius 3 is 2.88 bits per heavy atom. The van der Waals surface area contributed by atoms with Crippen LogP contribution in [0.5, 0.6) is 0 Å². The predicted molar refractivity (Wildman–Crippen MR) is 90.0 cm³/mol. The molecule has 0 amide bonds. The van der Waals surface area contributed by atoms with Crippen LogP contribution in [0.2, 0.25) is 5.15 Å². The molecule has 8 heteroatoms. The van der Waals surface area contributed by atoms with Crippen molar-refractivity contribution in [3.63, 3.8) is 0 Å².